The molecule has 0 N–H and O–H groups in total. The summed E-state index contributed by atoms with van der Waals surface area (Å²) in [5.74, 6) is 1.09. The standard InChI is InChI=1S/C4H7OS.BrH.Mg/c5-4-2-1-3-6-4;;/h4H,1-3H2;1H;/q-1;;+2/p-1. The molecule has 0 aromatic carbocycles. The van der Waals surface area contributed by atoms with Crippen LogP contribution in [0.1, 0.15) is 12.8 Å². The molecule has 1 fully saturated rings. The van der Waals surface area contributed by atoms with E-state index in [9.17, 15) is 5.11 Å². The molecule has 1 saturated heterocycles. The van der Waals surface area contributed by atoms with E-state index >= 15 is 0 Å². The van der Waals surface area contributed by atoms with Gasteiger partial charge in [0, 0.05) is 0 Å². The van der Waals surface area contributed by atoms with Crippen LogP contribution in [0.3, 0.4) is 0 Å². The maximum absolute atomic E-state index is 10.3. The Hall–Kier alpha value is 1.56. The molecule has 0 aromatic rings. The average Bonchev–Trinajstić information content (AvgIpc) is 1.86. The molecule has 1 heterocycles. The topological polar surface area (TPSA) is 23.1 Å². The fraction of sp³-hybridized carbons (Fsp3) is 1.00. The van der Waals surface area contributed by atoms with Gasteiger partial charge < -0.3 is 22.1 Å². The zero-order valence-corrected chi connectivity index (χ0v) is 8.42. The van der Waals surface area contributed by atoms with Crippen LogP contribution in [-0.2, 0) is 0 Å². The molecule has 0 aliphatic carbocycles. The van der Waals surface area contributed by atoms with Gasteiger partial charge in [0.05, 0.1) is 0 Å². The van der Waals surface area contributed by atoms with Crippen LogP contribution in [0.4, 0.5) is 0 Å². The molecule has 4 heteroatoms. The van der Waals surface area contributed by atoms with E-state index in [2.05, 4.69) is 0 Å². The fourth-order valence-electron chi connectivity index (χ4n) is 0.548. The van der Waals surface area contributed by atoms with Crippen molar-refractivity contribution in [3.63, 3.8) is 0 Å². The van der Waals surface area contributed by atoms with Gasteiger partial charge in [0.2, 0.25) is 0 Å². The number of thioether (sulfide) groups is 1. The predicted molar refractivity (Wildman–Crippen MR) is 31.2 cm³/mol. The van der Waals surface area contributed by atoms with Crippen molar-refractivity contribution in [1.82, 2.24) is 0 Å². The Labute approximate surface area is 80.5 Å². The van der Waals surface area contributed by atoms with Crippen LogP contribution in [0.15, 0.2) is 0 Å². The summed E-state index contributed by atoms with van der Waals surface area (Å²) >= 11 is 1.54. The van der Waals surface area contributed by atoms with Gasteiger partial charge in [-0.15, -0.1) is 0 Å². The van der Waals surface area contributed by atoms with Crippen molar-refractivity contribution in [3.8, 4) is 0 Å². The Kier molecular flexibility index (Phi) is 10.2. The van der Waals surface area contributed by atoms with Gasteiger partial charge in [-0.05, 0) is 12.2 Å². The van der Waals surface area contributed by atoms with Crippen molar-refractivity contribution >= 4 is 34.8 Å². The van der Waals surface area contributed by atoms with Crippen LogP contribution in [0.2, 0.25) is 0 Å². The van der Waals surface area contributed by atoms with E-state index in [1.165, 1.54) is 0 Å². The van der Waals surface area contributed by atoms with E-state index in [1.807, 2.05) is 0 Å². The zero-order valence-electron chi connectivity index (χ0n) is 4.60. The molecule has 1 unspecified atom stereocenters. The third kappa shape index (κ3) is 4.44. The van der Waals surface area contributed by atoms with Crippen LogP contribution < -0.4 is 22.1 Å². The molecule has 0 radical (unpaired) electrons. The summed E-state index contributed by atoms with van der Waals surface area (Å²) in [6.07, 6.45) is 2.03. The van der Waals surface area contributed by atoms with Gasteiger partial charge >= 0.3 is 23.1 Å². The molecule has 8 heavy (non-hydrogen) atoms. The predicted octanol–water partition coefficient (Wildman–Crippen LogP) is -3.18. The smallest absolute Gasteiger partial charge is 1.00 e. The van der Waals surface area contributed by atoms with Crippen LogP contribution in [0.25, 0.3) is 0 Å². The first-order valence-corrected chi connectivity index (χ1v) is 3.22. The first-order valence-electron chi connectivity index (χ1n) is 2.17. The number of halogens is 1. The second kappa shape index (κ2) is 6.67. The Morgan fingerprint density at radius 1 is 1.50 bits per heavy atom. The van der Waals surface area contributed by atoms with Crippen molar-refractivity contribution in [2.75, 3.05) is 5.75 Å². The van der Waals surface area contributed by atoms with E-state index in [4.69, 9.17) is 0 Å². The molecule has 1 aliphatic heterocycles. The zero-order chi connectivity index (χ0) is 4.41. The van der Waals surface area contributed by atoms with Gasteiger partial charge in [-0.25, -0.2) is 0 Å². The molecule has 1 atom stereocenters. The van der Waals surface area contributed by atoms with E-state index in [1.54, 1.807) is 11.8 Å². The second-order valence-electron chi connectivity index (χ2n) is 1.44. The van der Waals surface area contributed by atoms with Crippen molar-refractivity contribution in [3.05, 3.63) is 0 Å². The molecule has 1 rings (SSSR count). The van der Waals surface area contributed by atoms with Gasteiger partial charge in [-0.3, -0.25) is 0 Å². The minimum atomic E-state index is -0.287. The number of rotatable bonds is 0. The molecule has 1 nitrogen and oxygen atoms in total. The van der Waals surface area contributed by atoms with Crippen LogP contribution in [0, 0.1) is 0 Å². The molecule has 44 valence electrons. The van der Waals surface area contributed by atoms with Crippen molar-refractivity contribution in [2.45, 2.75) is 18.3 Å². The van der Waals surface area contributed by atoms with Crippen LogP contribution >= 0.6 is 11.8 Å². The van der Waals surface area contributed by atoms with Gasteiger partial charge in [0.25, 0.3) is 0 Å². The largest absolute Gasteiger partial charge is 2.00 e. The summed E-state index contributed by atoms with van der Waals surface area (Å²) in [5, 5.41) is 10.3. The second-order valence-corrected chi connectivity index (χ2v) is 2.71. The van der Waals surface area contributed by atoms with Gasteiger partial charge in [-0.1, -0.05) is 11.9 Å². The molecule has 0 aromatic heterocycles. The summed E-state index contributed by atoms with van der Waals surface area (Å²) in [5.41, 5.74) is -0.287. The molecule has 1 aliphatic rings. The summed E-state index contributed by atoms with van der Waals surface area (Å²) in [7, 11) is 0. The third-order valence-electron chi connectivity index (χ3n) is 0.888. The molecule has 0 bridgehead atoms. The minimum absolute atomic E-state index is 0. The Morgan fingerprint density at radius 2 is 2.12 bits per heavy atom. The average molecular weight is 207 g/mol. The quantitative estimate of drug-likeness (QED) is 0.391. The third-order valence-corrected chi connectivity index (χ3v) is 2.02. The molecule has 0 saturated carbocycles. The first kappa shape index (κ1) is 12.3. The monoisotopic (exact) mass is 206 g/mol. The summed E-state index contributed by atoms with van der Waals surface area (Å²) < 4.78 is 0. The van der Waals surface area contributed by atoms with Gasteiger partial charge in [0.1, 0.15) is 0 Å². The van der Waals surface area contributed by atoms with Crippen molar-refractivity contribution in [2.24, 2.45) is 0 Å². The van der Waals surface area contributed by atoms with Crippen LogP contribution in [-0.4, -0.2) is 34.2 Å². The van der Waals surface area contributed by atoms with Crippen molar-refractivity contribution in [1.29, 1.82) is 0 Å². The van der Waals surface area contributed by atoms with Gasteiger partial charge in [0.15, 0.2) is 0 Å². The van der Waals surface area contributed by atoms with E-state index in [0.29, 0.717) is 0 Å². The number of hydrogen-bond donors (Lipinski definition) is 0. The molecular formula is C4H7BrMgOS. The summed E-state index contributed by atoms with van der Waals surface area (Å²) in [6.45, 7) is 0. The maximum Gasteiger partial charge on any atom is 2.00 e. The molecule has 0 amide bonds. The Bertz CT molecular complexity index is 49.3. The Balaban J connectivity index is 0. The number of hydrogen-bond acceptors (Lipinski definition) is 2. The van der Waals surface area contributed by atoms with Crippen molar-refractivity contribution < 1.29 is 22.1 Å². The molecule has 0 spiro atoms. The maximum atomic E-state index is 10.3. The first-order chi connectivity index (χ1) is 2.89. The van der Waals surface area contributed by atoms with E-state index in [0.717, 1.165) is 18.6 Å². The SMILES string of the molecule is [Br-].[Mg+2].[O-]C1CCCS1. The summed E-state index contributed by atoms with van der Waals surface area (Å²) in [4.78, 5) is 0. The summed E-state index contributed by atoms with van der Waals surface area (Å²) in [6, 6.07) is 0. The normalized spacial score (nSPS) is 25.9. The van der Waals surface area contributed by atoms with Crippen LogP contribution in [0.5, 0.6) is 0 Å². The van der Waals surface area contributed by atoms with E-state index < -0.39 is 0 Å². The Morgan fingerprint density at radius 3 is 2.25 bits per heavy atom. The van der Waals surface area contributed by atoms with E-state index in [-0.39, 0.29) is 45.5 Å². The van der Waals surface area contributed by atoms with Gasteiger partial charge in [-0.2, -0.15) is 11.8 Å². The minimum Gasteiger partial charge on any atom is -1.00 e. The molecular weight excluding hydrogens is 200 g/mol. The fourth-order valence-corrected chi connectivity index (χ4v) is 1.48.